The highest BCUT2D eigenvalue weighted by atomic mass is 16.5. The lowest BCUT2D eigenvalue weighted by atomic mass is 10.1. The minimum Gasteiger partial charge on any atom is -0.423 e. The third kappa shape index (κ3) is 3.45. The van der Waals surface area contributed by atoms with Crippen molar-refractivity contribution in [2.75, 3.05) is 0 Å². The van der Waals surface area contributed by atoms with Gasteiger partial charge in [-0.05, 0) is 37.6 Å². The molecule has 2 aliphatic heterocycles. The van der Waals surface area contributed by atoms with Gasteiger partial charge in [-0.3, -0.25) is 0 Å². The van der Waals surface area contributed by atoms with Crippen molar-refractivity contribution < 1.29 is 19.1 Å². The molecule has 0 N–H and O–H groups in total. The summed E-state index contributed by atoms with van der Waals surface area (Å²) < 4.78 is 10.2. The third-order valence-electron chi connectivity index (χ3n) is 4.11. The lowest BCUT2D eigenvalue weighted by Crippen LogP contribution is -1.92. The molecule has 0 amide bonds. The first kappa shape index (κ1) is 17.7. The van der Waals surface area contributed by atoms with Gasteiger partial charge in [-0.2, -0.15) is 0 Å². The minimum atomic E-state index is -0.251. The van der Waals surface area contributed by atoms with Gasteiger partial charge in [0.1, 0.15) is 11.5 Å². The molecular weight excluding hydrogens is 328 g/mol. The van der Waals surface area contributed by atoms with Crippen LogP contribution in [0.3, 0.4) is 0 Å². The maximum absolute atomic E-state index is 11.4. The number of carbonyl (C=O) groups excluding carboxylic acids is 2. The monoisotopic (exact) mass is 348 g/mol. The maximum Gasteiger partial charge on any atom is 0.344 e. The molecule has 26 heavy (non-hydrogen) atoms. The number of carbonyl (C=O) groups is 2. The van der Waals surface area contributed by atoms with E-state index in [4.69, 9.17) is 9.47 Å². The van der Waals surface area contributed by atoms with Crippen LogP contribution < -0.4 is 0 Å². The summed E-state index contributed by atoms with van der Waals surface area (Å²) in [4.78, 5) is 22.5. The quantitative estimate of drug-likeness (QED) is 0.699. The van der Waals surface area contributed by atoms with E-state index in [1.165, 1.54) is 0 Å². The summed E-state index contributed by atoms with van der Waals surface area (Å²) in [5, 5.41) is 0. The predicted octanol–water partition coefficient (Wildman–Crippen LogP) is 5.22. The number of allylic oxidation sites excluding steroid dienone is 2. The number of fused-ring (bicyclic) bond motifs is 2. The first-order valence-electron chi connectivity index (χ1n) is 8.65. The number of hydrogen-bond acceptors (Lipinski definition) is 4. The number of esters is 2. The lowest BCUT2D eigenvalue weighted by Gasteiger charge is -1.96. The number of unbranched alkanes of at least 4 members (excludes halogenated alkanes) is 1. The molecule has 0 aromatic heterocycles. The van der Waals surface area contributed by atoms with Crippen LogP contribution in [0.2, 0.25) is 0 Å². The lowest BCUT2D eigenvalue weighted by molar-refractivity contribution is 0.0705. The van der Waals surface area contributed by atoms with E-state index in [0.717, 1.165) is 24.0 Å². The molecule has 4 heteroatoms. The number of rotatable bonds is 2. The first-order valence-corrected chi connectivity index (χ1v) is 8.65. The van der Waals surface area contributed by atoms with Gasteiger partial charge in [0, 0.05) is 11.1 Å². The first-order chi connectivity index (χ1) is 12.7. The van der Waals surface area contributed by atoms with Gasteiger partial charge >= 0.3 is 11.9 Å². The molecule has 4 nitrogen and oxygen atoms in total. The third-order valence-corrected chi connectivity index (χ3v) is 4.11. The molecule has 0 aliphatic carbocycles. The van der Waals surface area contributed by atoms with Crippen LogP contribution in [-0.4, -0.2) is 11.9 Å². The van der Waals surface area contributed by atoms with Crippen LogP contribution in [0.5, 0.6) is 0 Å². The van der Waals surface area contributed by atoms with Crippen molar-refractivity contribution in [3.05, 3.63) is 82.9 Å². The van der Waals surface area contributed by atoms with Crippen LogP contribution in [0.4, 0.5) is 0 Å². The van der Waals surface area contributed by atoms with Crippen LogP contribution in [0.1, 0.15) is 58.5 Å². The van der Waals surface area contributed by atoms with Crippen LogP contribution in [-0.2, 0) is 9.47 Å². The second kappa shape index (κ2) is 7.83. The number of ether oxygens (including phenoxy) is 2. The van der Waals surface area contributed by atoms with E-state index in [2.05, 4.69) is 6.92 Å². The summed E-state index contributed by atoms with van der Waals surface area (Å²) in [6.45, 7) is 3.95. The molecule has 0 spiro atoms. The average Bonchev–Trinajstić information content (AvgIpc) is 3.18. The fourth-order valence-electron chi connectivity index (χ4n) is 2.81. The molecule has 0 radical (unpaired) electrons. The zero-order valence-electron chi connectivity index (χ0n) is 14.8. The maximum atomic E-state index is 11.4. The minimum absolute atomic E-state index is 0.233. The molecule has 0 saturated heterocycles. The number of hydrogen-bond donors (Lipinski definition) is 0. The Morgan fingerprint density at radius 2 is 1.23 bits per heavy atom. The summed E-state index contributed by atoms with van der Waals surface area (Å²) >= 11 is 0. The predicted molar refractivity (Wildman–Crippen MR) is 100 cm³/mol. The standard InChI is InChI=1S/C12H12O2.C10H8O2/c1-2-3-8-11-9-6-4-5-7-10(9)12(13)14-11;1-2-9-7-5-3-4-6-8(7)10(11)12-9/h4-8H,2-3H2,1H3;2-6H,1H3/b11-8-;9-2-. The van der Waals surface area contributed by atoms with Gasteiger partial charge in [0.15, 0.2) is 0 Å². The SMILES string of the molecule is C/C=C1\OC(=O)c2ccccc21.CCC/C=C1\OC(=O)c2ccccc21. The molecule has 0 atom stereocenters. The molecular formula is C22H20O4. The summed E-state index contributed by atoms with van der Waals surface area (Å²) in [7, 11) is 0. The molecule has 2 aromatic rings. The smallest absolute Gasteiger partial charge is 0.344 e. The summed E-state index contributed by atoms with van der Waals surface area (Å²) in [6, 6.07) is 14.9. The van der Waals surface area contributed by atoms with E-state index in [1.54, 1.807) is 18.2 Å². The van der Waals surface area contributed by atoms with Gasteiger partial charge in [-0.1, -0.05) is 49.7 Å². The van der Waals surface area contributed by atoms with Crippen molar-refractivity contribution in [2.24, 2.45) is 0 Å². The van der Waals surface area contributed by atoms with E-state index < -0.39 is 0 Å². The number of benzene rings is 2. The Balaban J connectivity index is 0.000000152. The van der Waals surface area contributed by atoms with Crippen LogP contribution in [0.25, 0.3) is 11.5 Å². The Bertz CT molecular complexity index is 906. The Morgan fingerprint density at radius 1 is 0.769 bits per heavy atom. The van der Waals surface area contributed by atoms with Gasteiger partial charge in [0.2, 0.25) is 0 Å². The Kier molecular flexibility index (Phi) is 5.32. The molecule has 0 saturated carbocycles. The van der Waals surface area contributed by atoms with E-state index in [1.807, 2.05) is 49.4 Å². The zero-order valence-corrected chi connectivity index (χ0v) is 14.8. The van der Waals surface area contributed by atoms with Crippen molar-refractivity contribution in [1.82, 2.24) is 0 Å². The number of cyclic esters (lactones) is 2. The highest BCUT2D eigenvalue weighted by Gasteiger charge is 2.25. The van der Waals surface area contributed by atoms with E-state index >= 15 is 0 Å². The molecule has 132 valence electrons. The van der Waals surface area contributed by atoms with E-state index in [0.29, 0.717) is 22.6 Å². The molecule has 0 bridgehead atoms. The highest BCUT2D eigenvalue weighted by molar-refractivity contribution is 6.03. The highest BCUT2D eigenvalue weighted by Crippen LogP contribution is 2.30. The Hall–Kier alpha value is -3.14. The molecule has 4 rings (SSSR count). The zero-order chi connectivity index (χ0) is 18.5. The van der Waals surface area contributed by atoms with Crippen LogP contribution in [0, 0.1) is 0 Å². The van der Waals surface area contributed by atoms with Crippen molar-refractivity contribution in [1.29, 1.82) is 0 Å². The summed E-state index contributed by atoms with van der Waals surface area (Å²) in [6.07, 6.45) is 5.77. The van der Waals surface area contributed by atoms with E-state index in [9.17, 15) is 9.59 Å². The van der Waals surface area contributed by atoms with Crippen LogP contribution >= 0.6 is 0 Å². The van der Waals surface area contributed by atoms with E-state index in [-0.39, 0.29) is 11.9 Å². The molecule has 2 aromatic carbocycles. The van der Waals surface area contributed by atoms with Crippen molar-refractivity contribution in [3.63, 3.8) is 0 Å². The fraction of sp³-hybridized carbons (Fsp3) is 0.182. The second-order valence-electron chi connectivity index (χ2n) is 5.88. The summed E-state index contributed by atoms with van der Waals surface area (Å²) in [5.74, 6) is 0.893. The molecule has 0 unspecified atom stereocenters. The molecule has 2 aliphatic rings. The fourth-order valence-corrected chi connectivity index (χ4v) is 2.81. The Labute approximate surface area is 152 Å². The van der Waals surface area contributed by atoms with Crippen molar-refractivity contribution in [3.8, 4) is 0 Å². The van der Waals surface area contributed by atoms with Crippen LogP contribution in [0.15, 0.2) is 60.7 Å². The molecule has 0 fully saturated rings. The largest absolute Gasteiger partial charge is 0.423 e. The van der Waals surface area contributed by atoms with Crippen molar-refractivity contribution in [2.45, 2.75) is 26.7 Å². The average molecular weight is 348 g/mol. The Morgan fingerprint density at radius 3 is 1.73 bits per heavy atom. The van der Waals surface area contributed by atoms with Gasteiger partial charge in [-0.15, -0.1) is 0 Å². The van der Waals surface area contributed by atoms with Gasteiger partial charge < -0.3 is 9.47 Å². The van der Waals surface area contributed by atoms with Gasteiger partial charge in [0.25, 0.3) is 0 Å². The van der Waals surface area contributed by atoms with Gasteiger partial charge in [0.05, 0.1) is 11.1 Å². The second-order valence-corrected chi connectivity index (χ2v) is 5.88. The van der Waals surface area contributed by atoms with Gasteiger partial charge in [-0.25, -0.2) is 9.59 Å². The summed E-state index contributed by atoms with van der Waals surface area (Å²) in [5.41, 5.74) is 3.15. The normalized spacial score (nSPS) is 17.3. The molecule has 2 heterocycles. The van der Waals surface area contributed by atoms with Crippen molar-refractivity contribution >= 4 is 23.5 Å². The topological polar surface area (TPSA) is 52.6 Å².